The number of methoxy groups -OCH3 is 1. The topological polar surface area (TPSA) is 84.9 Å². The third-order valence-electron chi connectivity index (χ3n) is 3.97. The highest BCUT2D eigenvalue weighted by atomic mass is 32.2. The summed E-state index contributed by atoms with van der Waals surface area (Å²) in [6.07, 6.45) is 0. The average Bonchev–Trinajstić information content (AvgIpc) is 2.60. The summed E-state index contributed by atoms with van der Waals surface area (Å²) < 4.78 is 38.0. The standard InChI is InChI=1S/C17H18N2O5S/c1-11-8-12-15(24-10-17(20)18-12)9-16(11)25(21,22)19(2)13-6-4-5-7-14(13)23-3/h4-9H,10H2,1-3H3,(H,18,20). The number of fused-ring (bicyclic) bond motifs is 1. The molecule has 0 aromatic heterocycles. The molecule has 25 heavy (non-hydrogen) atoms. The molecule has 2 aromatic rings. The van der Waals surface area contributed by atoms with E-state index in [-0.39, 0.29) is 17.4 Å². The number of carbonyl (C=O) groups is 1. The molecule has 1 amide bonds. The highest BCUT2D eigenvalue weighted by Crippen LogP contribution is 2.36. The lowest BCUT2D eigenvalue weighted by Gasteiger charge is -2.24. The average molecular weight is 362 g/mol. The van der Waals surface area contributed by atoms with Gasteiger partial charge in [0.05, 0.1) is 23.4 Å². The van der Waals surface area contributed by atoms with Crippen LogP contribution in [0.5, 0.6) is 11.5 Å². The van der Waals surface area contributed by atoms with Gasteiger partial charge in [0.1, 0.15) is 11.5 Å². The molecule has 0 atom stereocenters. The monoisotopic (exact) mass is 362 g/mol. The van der Waals surface area contributed by atoms with Crippen molar-refractivity contribution in [1.82, 2.24) is 0 Å². The maximum atomic E-state index is 13.1. The second-order valence-electron chi connectivity index (χ2n) is 5.60. The molecule has 0 radical (unpaired) electrons. The first kappa shape index (κ1) is 17.1. The molecule has 132 valence electrons. The summed E-state index contributed by atoms with van der Waals surface area (Å²) in [5, 5.41) is 2.67. The van der Waals surface area contributed by atoms with Gasteiger partial charge in [-0.2, -0.15) is 0 Å². The van der Waals surface area contributed by atoms with Crippen molar-refractivity contribution in [3.63, 3.8) is 0 Å². The number of nitrogens with one attached hydrogen (secondary N) is 1. The number of hydrogen-bond acceptors (Lipinski definition) is 5. The van der Waals surface area contributed by atoms with Gasteiger partial charge in [0.25, 0.3) is 15.9 Å². The number of anilines is 2. The lowest BCUT2D eigenvalue weighted by Crippen LogP contribution is -2.29. The summed E-state index contributed by atoms with van der Waals surface area (Å²) in [6.45, 7) is 1.53. The van der Waals surface area contributed by atoms with Crippen LogP contribution in [0.3, 0.4) is 0 Å². The van der Waals surface area contributed by atoms with Gasteiger partial charge in [-0.25, -0.2) is 8.42 Å². The molecule has 7 nitrogen and oxygen atoms in total. The second-order valence-corrected chi connectivity index (χ2v) is 7.53. The van der Waals surface area contributed by atoms with Gasteiger partial charge in [-0.05, 0) is 30.7 Å². The number of amides is 1. The van der Waals surface area contributed by atoms with Gasteiger partial charge < -0.3 is 14.8 Å². The molecule has 1 aliphatic rings. The van der Waals surface area contributed by atoms with Crippen molar-refractivity contribution in [2.24, 2.45) is 0 Å². The number of nitrogens with zero attached hydrogens (tertiary/aromatic N) is 1. The summed E-state index contributed by atoms with van der Waals surface area (Å²) in [7, 11) is -0.889. The predicted molar refractivity (Wildman–Crippen MR) is 93.9 cm³/mol. The van der Waals surface area contributed by atoms with Gasteiger partial charge >= 0.3 is 0 Å². The molecule has 0 unspecified atom stereocenters. The fourth-order valence-corrected chi connectivity index (χ4v) is 4.09. The van der Waals surface area contributed by atoms with Crippen molar-refractivity contribution in [3.8, 4) is 11.5 Å². The molecule has 3 rings (SSSR count). The van der Waals surface area contributed by atoms with Crippen LogP contribution in [0, 0.1) is 6.92 Å². The minimum atomic E-state index is -3.84. The van der Waals surface area contributed by atoms with Crippen molar-refractivity contribution in [3.05, 3.63) is 42.0 Å². The third kappa shape index (κ3) is 3.00. The molecule has 1 heterocycles. The number of hydrogen-bond donors (Lipinski definition) is 1. The van der Waals surface area contributed by atoms with Crippen LogP contribution >= 0.6 is 0 Å². The molecule has 0 fully saturated rings. The number of ether oxygens (including phenoxy) is 2. The van der Waals surface area contributed by atoms with Gasteiger partial charge in [0.15, 0.2) is 6.61 Å². The fraction of sp³-hybridized carbons (Fsp3) is 0.235. The Morgan fingerprint density at radius 2 is 1.96 bits per heavy atom. The highest BCUT2D eigenvalue weighted by Gasteiger charge is 2.28. The summed E-state index contributed by atoms with van der Waals surface area (Å²) >= 11 is 0. The van der Waals surface area contributed by atoms with E-state index in [2.05, 4.69) is 5.32 Å². The SMILES string of the molecule is COc1ccccc1N(C)S(=O)(=O)c1cc2c(cc1C)NC(=O)CO2. The van der Waals surface area contributed by atoms with E-state index in [1.165, 1.54) is 24.5 Å². The zero-order valence-electron chi connectivity index (χ0n) is 14.1. The van der Waals surface area contributed by atoms with Crippen LogP contribution in [0.15, 0.2) is 41.3 Å². The summed E-state index contributed by atoms with van der Waals surface area (Å²) in [5.41, 5.74) is 1.40. The Kier molecular flexibility index (Phi) is 4.30. The Morgan fingerprint density at radius 3 is 2.68 bits per heavy atom. The van der Waals surface area contributed by atoms with Gasteiger partial charge in [-0.1, -0.05) is 12.1 Å². The quantitative estimate of drug-likeness (QED) is 0.901. The van der Waals surface area contributed by atoms with Gasteiger partial charge in [-0.3, -0.25) is 9.10 Å². The van der Waals surface area contributed by atoms with Crippen molar-refractivity contribution in [2.45, 2.75) is 11.8 Å². The Bertz CT molecular complexity index is 940. The third-order valence-corrected chi connectivity index (χ3v) is 5.89. The van der Waals surface area contributed by atoms with Crippen LogP contribution < -0.4 is 19.1 Å². The molecule has 8 heteroatoms. The number of sulfonamides is 1. The summed E-state index contributed by atoms with van der Waals surface area (Å²) in [6, 6.07) is 9.90. The molecule has 0 bridgehead atoms. The van der Waals surface area contributed by atoms with Crippen LogP contribution in [-0.4, -0.2) is 35.1 Å². The van der Waals surface area contributed by atoms with Crippen LogP contribution in [0.4, 0.5) is 11.4 Å². The summed E-state index contributed by atoms with van der Waals surface area (Å²) in [4.78, 5) is 11.5. The van der Waals surface area contributed by atoms with Crippen LogP contribution in [0.2, 0.25) is 0 Å². The van der Waals surface area contributed by atoms with E-state index in [0.29, 0.717) is 28.4 Å². The Morgan fingerprint density at radius 1 is 1.24 bits per heavy atom. The van der Waals surface area contributed by atoms with E-state index in [1.54, 1.807) is 37.3 Å². The van der Waals surface area contributed by atoms with E-state index in [0.717, 1.165) is 0 Å². The van der Waals surface area contributed by atoms with E-state index in [9.17, 15) is 13.2 Å². The van der Waals surface area contributed by atoms with E-state index < -0.39 is 10.0 Å². The first-order chi connectivity index (χ1) is 11.8. The van der Waals surface area contributed by atoms with E-state index in [1.807, 2.05) is 0 Å². The zero-order chi connectivity index (χ0) is 18.2. The lowest BCUT2D eigenvalue weighted by molar-refractivity contribution is -0.118. The van der Waals surface area contributed by atoms with Crippen molar-refractivity contribution < 1.29 is 22.7 Å². The molecule has 0 saturated heterocycles. The van der Waals surface area contributed by atoms with Crippen molar-refractivity contribution in [2.75, 3.05) is 30.4 Å². The maximum Gasteiger partial charge on any atom is 0.264 e. The van der Waals surface area contributed by atoms with Crippen molar-refractivity contribution in [1.29, 1.82) is 0 Å². The van der Waals surface area contributed by atoms with E-state index >= 15 is 0 Å². The number of aryl methyl sites for hydroxylation is 1. The Balaban J connectivity index is 2.07. The molecule has 0 aliphatic carbocycles. The smallest absolute Gasteiger partial charge is 0.264 e. The molecule has 1 N–H and O–H groups in total. The fourth-order valence-electron chi connectivity index (χ4n) is 2.66. The minimum absolute atomic E-state index is 0.107. The molecular formula is C17H18N2O5S. The number of para-hydroxylation sites is 2. The normalized spacial score (nSPS) is 13.5. The van der Waals surface area contributed by atoms with Crippen LogP contribution in [-0.2, 0) is 14.8 Å². The lowest BCUT2D eigenvalue weighted by atomic mass is 10.2. The first-order valence-electron chi connectivity index (χ1n) is 7.54. The van der Waals surface area contributed by atoms with Gasteiger partial charge in [-0.15, -0.1) is 0 Å². The Labute approximate surface area is 146 Å². The molecular weight excluding hydrogens is 344 g/mol. The van der Waals surface area contributed by atoms with Crippen LogP contribution in [0.25, 0.3) is 0 Å². The Hall–Kier alpha value is -2.74. The second kappa shape index (κ2) is 6.29. The minimum Gasteiger partial charge on any atom is -0.495 e. The summed E-state index contributed by atoms with van der Waals surface area (Å²) in [5.74, 6) is 0.513. The van der Waals surface area contributed by atoms with Crippen molar-refractivity contribution >= 4 is 27.3 Å². The van der Waals surface area contributed by atoms with E-state index in [4.69, 9.17) is 9.47 Å². The maximum absolute atomic E-state index is 13.1. The number of rotatable bonds is 4. The highest BCUT2D eigenvalue weighted by molar-refractivity contribution is 7.92. The van der Waals surface area contributed by atoms with Gasteiger partial charge in [0, 0.05) is 13.1 Å². The largest absolute Gasteiger partial charge is 0.495 e. The number of benzene rings is 2. The first-order valence-corrected chi connectivity index (χ1v) is 8.98. The molecule has 2 aromatic carbocycles. The van der Waals surface area contributed by atoms with Crippen LogP contribution in [0.1, 0.15) is 5.56 Å². The molecule has 1 aliphatic heterocycles. The predicted octanol–water partition coefficient (Wildman–Crippen LogP) is 2.16. The number of carbonyl (C=O) groups excluding carboxylic acids is 1. The zero-order valence-corrected chi connectivity index (χ0v) is 14.9. The van der Waals surface area contributed by atoms with Gasteiger partial charge in [0.2, 0.25) is 0 Å². The molecule has 0 saturated carbocycles. The molecule has 0 spiro atoms.